The molecular weight excluding hydrogens is 204 g/mol. The highest BCUT2D eigenvalue weighted by atomic mass is 16.3. The van der Waals surface area contributed by atoms with Crippen LogP contribution in [0.5, 0.6) is 5.75 Å². The second kappa shape index (κ2) is 3.89. The van der Waals surface area contributed by atoms with Crippen molar-refractivity contribution in [2.24, 2.45) is 0 Å². The lowest BCUT2D eigenvalue weighted by Gasteiger charge is -2.05. The zero-order chi connectivity index (χ0) is 11.7. The predicted molar refractivity (Wildman–Crippen MR) is 62.6 cm³/mol. The Morgan fingerprint density at radius 2 is 2.12 bits per heavy atom. The fourth-order valence-electron chi connectivity index (χ4n) is 1.58. The summed E-state index contributed by atoms with van der Waals surface area (Å²) < 4.78 is 0. The highest BCUT2D eigenvalue weighted by Crippen LogP contribution is 2.20. The van der Waals surface area contributed by atoms with Crippen molar-refractivity contribution in [3.05, 3.63) is 30.0 Å². The number of rotatable bonds is 2. The van der Waals surface area contributed by atoms with Gasteiger partial charge in [0.1, 0.15) is 11.4 Å². The fourth-order valence-corrected chi connectivity index (χ4v) is 1.58. The number of phenols is 1. The second-order valence-electron chi connectivity index (χ2n) is 4.08. The summed E-state index contributed by atoms with van der Waals surface area (Å²) in [5.74, 6) is 0.0630. The van der Waals surface area contributed by atoms with Gasteiger partial charge in [-0.3, -0.25) is 4.79 Å². The Morgan fingerprint density at radius 3 is 2.81 bits per heavy atom. The van der Waals surface area contributed by atoms with Gasteiger partial charge in [-0.2, -0.15) is 0 Å². The Labute approximate surface area is 93.3 Å². The highest BCUT2D eigenvalue weighted by molar-refractivity contribution is 5.98. The van der Waals surface area contributed by atoms with E-state index in [0.29, 0.717) is 5.69 Å². The van der Waals surface area contributed by atoms with Gasteiger partial charge in [0.25, 0.3) is 5.91 Å². The molecule has 1 amide bonds. The number of amides is 1. The predicted octanol–water partition coefficient (Wildman–Crippen LogP) is 2.01. The summed E-state index contributed by atoms with van der Waals surface area (Å²) in [6.45, 7) is 3.82. The molecule has 84 valence electrons. The topological polar surface area (TPSA) is 65.1 Å². The van der Waals surface area contributed by atoms with Crippen LogP contribution < -0.4 is 5.32 Å². The summed E-state index contributed by atoms with van der Waals surface area (Å²) >= 11 is 0. The number of hydrogen-bond acceptors (Lipinski definition) is 2. The van der Waals surface area contributed by atoms with E-state index in [9.17, 15) is 9.90 Å². The lowest BCUT2D eigenvalue weighted by Crippen LogP contribution is -2.30. The Bertz CT molecular complexity index is 529. The summed E-state index contributed by atoms with van der Waals surface area (Å²) in [5, 5.41) is 12.9. The lowest BCUT2D eigenvalue weighted by molar-refractivity contribution is 0.0939. The number of benzene rings is 1. The summed E-state index contributed by atoms with van der Waals surface area (Å²) in [6, 6.07) is 6.79. The summed E-state index contributed by atoms with van der Waals surface area (Å²) in [7, 11) is 0. The van der Waals surface area contributed by atoms with Gasteiger partial charge in [0.15, 0.2) is 0 Å². The molecule has 0 radical (unpaired) electrons. The molecule has 4 nitrogen and oxygen atoms in total. The first-order chi connectivity index (χ1) is 7.56. The van der Waals surface area contributed by atoms with Crippen molar-refractivity contribution in [3.63, 3.8) is 0 Å². The quantitative estimate of drug-likeness (QED) is 0.722. The van der Waals surface area contributed by atoms with E-state index in [-0.39, 0.29) is 17.7 Å². The van der Waals surface area contributed by atoms with E-state index in [1.807, 2.05) is 13.8 Å². The van der Waals surface area contributed by atoms with Gasteiger partial charge in [-0.1, -0.05) is 0 Å². The van der Waals surface area contributed by atoms with Crippen molar-refractivity contribution in [3.8, 4) is 5.75 Å². The summed E-state index contributed by atoms with van der Waals surface area (Å²) in [4.78, 5) is 14.7. The molecule has 0 unspecified atom stereocenters. The maximum atomic E-state index is 11.7. The Kier molecular flexibility index (Phi) is 2.56. The van der Waals surface area contributed by atoms with Crippen LogP contribution in [0.2, 0.25) is 0 Å². The number of fused-ring (bicyclic) bond motifs is 1. The van der Waals surface area contributed by atoms with Crippen molar-refractivity contribution < 1.29 is 9.90 Å². The third-order valence-corrected chi connectivity index (χ3v) is 2.27. The average Bonchev–Trinajstić information content (AvgIpc) is 2.59. The second-order valence-corrected chi connectivity index (χ2v) is 4.08. The van der Waals surface area contributed by atoms with Crippen LogP contribution in [0.15, 0.2) is 24.3 Å². The Morgan fingerprint density at radius 1 is 1.38 bits per heavy atom. The monoisotopic (exact) mass is 218 g/mol. The number of hydrogen-bond donors (Lipinski definition) is 3. The maximum absolute atomic E-state index is 11.7. The summed E-state index contributed by atoms with van der Waals surface area (Å²) in [5.41, 5.74) is 1.35. The zero-order valence-electron chi connectivity index (χ0n) is 9.24. The first-order valence-corrected chi connectivity index (χ1v) is 5.19. The number of aromatic hydroxyl groups is 1. The molecule has 0 aliphatic rings. The molecule has 0 bridgehead atoms. The van der Waals surface area contributed by atoms with Crippen molar-refractivity contribution >= 4 is 16.8 Å². The molecule has 0 aliphatic carbocycles. The van der Waals surface area contributed by atoms with Crippen LogP contribution in [-0.4, -0.2) is 22.0 Å². The van der Waals surface area contributed by atoms with Crippen LogP contribution in [0, 0.1) is 0 Å². The van der Waals surface area contributed by atoms with E-state index in [2.05, 4.69) is 10.3 Å². The number of aromatic amines is 1. The molecule has 3 N–H and O–H groups in total. The molecule has 1 aromatic heterocycles. The lowest BCUT2D eigenvalue weighted by atomic mass is 10.2. The molecule has 0 atom stereocenters. The van der Waals surface area contributed by atoms with Gasteiger partial charge in [-0.15, -0.1) is 0 Å². The minimum Gasteiger partial charge on any atom is -0.508 e. The molecular formula is C12H14N2O2. The van der Waals surface area contributed by atoms with Crippen LogP contribution in [0.3, 0.4) is 0 Å². The minimum atomic E-state index is -0.134. The van der Waals surface area contributed by atoms with Crippen LogP contribution in [0.4, 0.5) is 0 Å². The zero-order valence-corrected chi connectivity index (χ0v) is 9.24. The van der Waals surface area contributed by atoms with Crippen molar-refractivity contribution in [1.82, 2.24) is 10.3 Å². The third kappa shape index (κ3) is 2.00. The number of nitrogens with one attached hydrogen (secondary N) is 2. The van der Waals surface area contributed by atoms with Gasteiger partial charge in [0.2, 0.25) is 0 Å². The van der Waals surface area contributed by atoms with E-state index in [1.54, 1.807) is 24.3 Å². The largest absolute Gasteiger partial charge is 0.508 e. The molecule has 2 rings (SSSR count). The number of H-pyrrole nitrogens is 1. The number of carbonyl (C=O) groups excluding carboxylic acids is 1. The molecule has 0 fully saturated rings. The van der Waals surface area contributed by atoms with Crippen LogP contribution in [-0.2, 0) is 0 Å². The molecule has 1 aromatic carbocycles. The van der Waals surface area contributed by atoms with E-state index >= 15 is 0 Å². The van der Waals surface area contributed by atoms with Crippen molar-refractivity contribution in [1.29, 1.82) is 0 Å². The number of phenolic OH excluding ortho intramolecular Hbond substituents is 1. The molecule has 1 heterocycles. The average molecular weight is 218 g/mol. The first-order valence-electron chi connectivity index (χ1n) is 5.19. The van der Waals surface area contributed by atoms with E-state index in [0.717, 1.165) is 10.9 Å². The van der Waals surface area contributed by atoms with Gasteiger partial charge in [0, 0.05) is 16.9 Å². The SMILES string of the molecule is CC(C)NC(=O)c1cc2cc(O)ccc2[nH]1. The van der Waals surface area contributed by atoms with Crippen LogP contribution in [0.1, 0.15) is 24.3 Å². The van der Waals surface area contributed by atoms with Gasteiger partial charge in [0.05, 0.1) is 0 Å². The molecule has 0 saturated carbocycles. The molecule has 2 aromatic rings. The summed E-state index contributed by atoms with van der Waals surface area (Å²) in [6.07, 6.45) is 0. The first kappa shape index (κ1) is 10.5. The van der Waals surface area contributed by atoms with Crippen molar-refractivity contribution in [2.75, 3.05) is 0 Å². The van der Waals surface area contributed by atoms with Crippen LogP contribution in [0.25, 0.3) is 10.9 Å². The smallest absolute Gasteiger partial charge is 0.267 e. The Balaban J connectivity index is 2.36. The molecule has 0 saturated heterocycles. The normalized spacial score (nSPS) is 10.9. The number of carbonyl (C=O) groups is 1. The molecule has 0 aliphatic heterocycles. The van der Waals surface area contributed by atoms with Crippen LogP contribution >= 0.6 is 0 Å². The standard InChI is InChI=1S/C12H14N2O2/c1-7(2)13-12(16)11-6-8-5-9(15)3-4-10(8)14-11/h3-7,14-15H,1-2H3,(H,13,16). The molecule has 16 heavy (non-hydrogen) atoms. The maximum Gasteiger partial charge on any atom is 0.267 e. The molecule has 4 heteroatoms. The third-order valence-electron chi connectivity index (χ3n) is 2.27. The van der Waals surface area contributed by atoms with Gasteiger partial charge in [-0.05, 0) is 38.1 Å². The van der Waals surface area contributed by atoms with E-state index < -0.39 is 0 Å². The van der Waals surface area contributed by atoms with E-state index in [4.69, 9.17) is 0 Å². The number of aromatic nitrogens is 1. The van der Waals surface area contributed by atoms with Gasteiger partial charge >= 0.3 is 0 Å². The van der Waals surface area contributed by atoms with Crippen molar-refractivity contribution in [2.45, 2.75) is 19.9 Å². The minimum absolute atomic E-state index is 0.104. The molecule has 0 spiro atoms. The van der Waals surface area contributed by atoms with E-state index in [1.165, 1.54) is 0 Å². The fraction of sp³-hybridized carbons (Fsp3) is 0.250. The van der Waals surface area contributed by atoms with Gasteiger partial charge in [-0.25, -0.2) is 0 Å². The van der Waals surface area contributed by atoms with Gasteiger partial charge < -0.3 is 15.4 Å². The Hall–Kier alpha value is -1.97. The highest BCUT2D eigenvalue weighted by Gasteiger charge is 2.10.